The average Bonchev–Trinajstić information content (AvgIpc) is 2.09. The quantitative estimate of drug-likeness (QED) is 0.494. The fourth-order valence-electron chi connectivity index (χ4n) is 1.07. The molecular formula is C9H12Cl2IN3. The molecule has 15 heavy (non-hydrogen) atoms. The Morgan fingerprint density at radius 2 is 1.73 bits per heavy atom. The lowest BCUT2D eigenvalue weighted by molar-refractivity contribution is 0.963. The smallest absolute Gasteiger partial charge is 0.185 e. The minimum atomic E-state index is 0. The van der Waals surface area contributed by atoms with Crippen molar-refractivity contribution >= 4 is 53.1 Å². The van der Waals surface area contributed by atoms with Crippen molar-refractivity contribution in [1.29, 1.82) is 0 Å². The molecule has 0 aliphatic carbocycles. The van der Waals surface area contributed by atoms with Crippen LogP contribution in [0, 0.1) is 0 Å². The lowest BCUT2D eigenvalue weighted by Gasteiger charge is -2.04. The van der Waals surface area contributed by atoms with Crippen LogP contribution in [0.2, 0.25) is 10.0 Å². The maximum atomic E-state index is 5.95. The molecule has 4 N–H and O–H groups in total. The molecule has 0 heterocycles. The van der Waals surface area contributed by atoms with Crippen LogP contribution in [-0.2, 0) is 6.42 Å². The van der Waals surface area contributed by atoms with Gasteiger partial charge in [0.1, 0.15) is 0 Å². The van der Waals surface area contributed by atoms with E-state index in [1.165, 1.54) is 0 Å². The summed E-state index contributed by atoms with van der Waals surface area (Å²) in [5.41, 5.74) is 11.3. The monoisotopic (exact) mass is 359 g/mol. The first-order chi connectivity index (χ1) is 6.61. The molecule has 1 aromatic rings. The number of halogens is 3. The Balaban J connectivity index is 0.00000196. The summed E-state index contributed by atoms with van der Waals surface area (Å²) >= 11 is 11.9. The van der Waals surface area contributed by atoms with Crippen molar-refractivity contribution in [1.82, 2.24) is 0 Å². The number of aliphatic imine (C=N–C) groups is 1. The Kier molecular flexibility index (Phi) is 7.04. The predicted octanol–water partition coefficient (Wildman–Crippen LogP) is 2.43. The van der Waals surface area contributed by atoms with E-state index in [0.717, 1.165) is 5.56 Å². The highest BCUT2D eigenvalue weighted by molar-refractivity contribution is 14.0. The Morgan fingerprint density at radius 1 is 1.20 bits per heavy atom. The maximum absolute atomic E-state index is 5.95. The Hall–Kier alpha value is -0.200. The van der Waals surface area contributed by atoms with Gasteiger partial charge in [-0.1, -0.05) is 29.3 Å². The van der Waals surface area contributed by atoms with Crippen LogP contribution in [0.5, 0.6) is 0 Å². The SMILES string of the molecule is I.NC(N)=NCCc1c(Cl)cccc1Cl. The topological polar surface area (TPSA) is 64.4 Å². The minimum absolute atomic E-state index is 0. The van der Waals surface area contributed by atoms with Gasteiger partial charge in [-0.2, -0.15) is 0 Å². The van der Waals surface area contributed by atoms with Crippen LogP contribution in [0.4, 0.5) is 0 Å². The van der Waals surface area contributed by atoms with Crippen molar-refractivity contribution in [2.24, 2.45) is 16.5 Å². The summed E-state index contributed by atoms with van der Waals surface area (Å²) in [6, 6.07) is 5.38. The van der Waals surface area contributed by atoms with E-state index in [1.807, 2.05) is 0 Å². The zero-order valence-corrected chi connectivity index (χ0v) is 11.8. The van der Waals surface area contributed by atoms with E-state index in [2.05, 4.69) is 4.99 Å². The first-order valence-electron chi connectivity index (χ1n) is 4.09. The van der Waals surface area contributed by atoms with Gasteiger partial charge in [0.2, 0.25) is 0 Å². The number of nitrogens with two attached hydrogens (primary N) is 2. The third-order valence-electron chi connectivity index (χ3n) is 1.72. The Labute approximate surface area is 116 Å². The zero-order chi connectivity index (χ0) is 10.6. The summed E-state index contributed by atoms with van der Waals surface area (Å²) in [6.07, 6.45) is 0.635. The summed E-state index contributed by atoms with van der Waals surface area (Å²) in [6.45, 7) is 0.492. The molecule has 0 aromatic heterocycles. The molecule has 0 bridgehead atoms. The highest BCUT2D eigenvalue weighted by Gasteiger charge is 2.03. The molecule has 1 aromatic carbocycles. The van der Waals surface area contributed by atoms with Crippen molar-refractivity contribution in [2.45, 2.75) is 6.42 Å². The summed E-state index contributed by atoms with van der Waals surface area (Å²) < 4.78 is 0. The molecule has 0 fully saturated rings. The minimum Gasteiger partial charge on any atom is -0.370 e. The van der Waals surface area contributed by atoms with Gasteiger partial charge in [-0.25, -0.2) is 0 Å². The van der Waals surface area contributed by atoms with Gasteiger partial charge in [0.25, 0.3) is 0 Å². The normalized spacial score (nSPS) is 9.20. The third kappa shape index (κ3) is 4.90. The number of hydrogen-bond donors (Lipinski definition) is 2. The van der Waals surface area contributed by atoms with Gasteiger partial charge in [-0.15, -0.1) is 24.0 Å². The van der Waals surface area contributed by atoms with Crippen LogP contribution in [0.25, 0.3) is 0 Å². The molecule has 6 heteroatoms. The van der Waals surface area contributed by atoms with Crippen LogP contribution in [0.15, 0.2) is 23.2 Å². The van der Waals surface area contributed by atoms with E-state index in [4.69, 9.17) is 34.7 Å². The van der Waals surface area contributed by atoms with Gasteiger partial charge in [-0.05, 0) is 24.1 Å². The second kappa shape index (κ2) is 7.14. The maximum Gasteiger partial charge on any atom is 0.185 e. The predicted molar refractivity (Wildman–Crippen MR) is 76.3 cm³/mol. The molecule has 84 valence electrons. The number of benzene rings is 1. The molecular weight excluding hydrogens is 348 g/mol. The Bertz CT molecular complexity index is 331. The van der Waals surface area contributed by atoms with E-state index >= 15 is 0 Å². The summed E-state index contributed by atoms with van der Waals surface area (Å²) in [4.78, 5) is 3.86. The van der Waals surface area contributed by atoms with Gasteiger partial charge in [0.15, 0.2) is 5.96 Å². The lowest BCUT2D eigenvalue weighted by atomic mass is 10.1. The van der Waals surface area contributed by atoms with Crippen LogP contribution in [-0.4, -0.2) is 12.5 Å². The number of rotatable bonds is 3. The van der Waals surface area contributed by atoms with Crippen molar-refractivity contribution in [3.05, 3.63) is 33.8 Å². The van der Waals surface area contributed by atoms with E-state index in [1.54, 1.807) is 18.2 Å². The third-order valence-corrected chi connectivity index (χ3v) is 2.43. The van der Waals surface area contributed by atoms with Crippen LogP contribution < -0.4 is 11.5 Å². The highest BCUT2D eigenvalue weighted by Crippen LogP contribution is 2.24. The zero-order valence-electron chi connectivity index (χ0n) is 7.91. The van der Waals surface area contributed by atoms with Crippen molar-refractivity contribution in [3.63, 3.8) is 0 Å². The summed E-state index contributed by atoms with van der Waals surface area (Å²) in [5.74, 6) is 0.0770. The van der Waals surface area contributed by atoms with Gasteiger partial charge < -0.3 is 11.5 Å². The van der Waals surface area contributed by atoms with E-state index in [9.17, 15) is 0 Å². The van der Waals surface area contributed by atoms with Crippen molar-refractivity contribution < 1.29 is 0 Å². The molecule has 0 aliphatic heterocycles. The molecule has 0 radical (unpaired) electrons. The average molecular weight is 360 g/mol. The first kappa shape index (κ1) is 14.8. The van der Waals surface area contributed by atoms with Crippen LogP contribution >= 0.6 is 47.2 Å². The Morgan fingerprint density at radius 3 is 2.20 bits per heavy atom. The number of guanidine groups is 1. The van der Waals surface area contributed by atoms with Gasteiger partial charge in [0.05, 0.1) is 0 Å². The fraction of sp³-hybridized carbons (Fsp3) is 0.222. The van der Waals surface area contributed by atoms with Crippen LogP contribution in [0.3, 0.4) is 0 Å². The molecule has 0 unspecified atom stereocenters. The summed E-state index contributed by atoms with van der Waals surface area (Å²) in [5, 5.41) is 1.28. The van der Waals surface area contributed by atoms with Crippen molar-refractivity contribution in [3.8, 4) is 0 Å². The lowest BCUT2D eigenvalue weighted by Crippen LogP contribution is -2.23. The molecule has 0 saturated carbocycles. The largest absolute Gasteiger partial charge is 0.370 e. The molecule has 0 atom stereocenters. The molecule has 0 saturated heterocycles. The van der Waals surface area contributed by atoms with E-state index < -0.39 is 0 Å². The summed E-state index contributed by atoms with van der Waals surface area (Å²) in [7, 11) is 0. The van der Waals surface area contributed by atoms with Gasteiger partial charge in [-0.3, -0.25) is 4.99 Å². The highest BCUT2D eigenvalue weighted by atomic mass is 127. The van der Waals surface area contributed by atoms with E-state index in [-0.39, 0.29) is 29.9 Å². The van der Waals surface area contributed by atoms with Crippen LogP contribution in [0.1, 0.15) is 5.56 Å². The molecule has 0 aliphatic rings. The van der Waals surface area contributed by atoms with Gasteiger partial charge >= 0.3 is 0 Å². The number of nitrogens with zero attached hydrogens (tertiary/aromatic N) is 1. The molecule has 1 rings (SSSR count). The van der Waals surface area contributed by atoms with Crippen molar-refractivity contribution in [2.75, 3.05) is 6.54 Å². The van der Waals surface area contributed by atoms with Gasteiger partial charge in [0, 0.05) is 16.6 Å². The van der Waals surface area contributed by atoms with E-state index in [0.29, 0.717) is 23.0 Å². The molecule has 0 spiro atoms. The second-order valence-corrected chi connectivity index (χ2v) is 3.57. The standard InChI is InChI=1S/C9H11Cl2N3.HI/c10-7-2-1-3-8(11)6(7)4-5-14-9(12)13;/h1-3H,4-5H2,(H4,12,13,14);1H. The number of hydrogen-bond acceptors (Lipinski definition) is 1. The molecule has 3 nitrogen and oxygen atoms in total. The molecule has 0 amide bonds. The second-order valence-electron chi connectivity index (χ2n) is 2.76. The first-order valence-corrected chi connectivity index (χ1v) is 4.85. The fourth-order valence-corrected chi connectivity index (χ4v) is 1.65.